The number of carbonyl (C=O) groups excluding carboxylic acids is 1. The number of carbonyl (C=O) groups is 1. The van der Waals surface area contributed by atoms with E-state index in [0.29, 0.717) is 18.3 Å². The summed E-state index contributed by atoms with van der Waals surface area (Å²) in [4.78, 5) is 24.9. The van der Waals surface area contributed by atoms with E-state index in [9.17, 15) is 4.79 Å². The molecule has 0 aromatic carbocycles. The number of ether oxygens (including phenoxy) is 2. The molecular formula is C17H26N4O3. The predicted molar refractivity (Wildman–Crippen MR) is 89.1 cm³/mol. The molecule has 1 atom stereocenters. The molecule has 24 heavy (non-hydrogen) atoms. The maximum Gasteiger partial charge on any atom is 0.316 e. The van der Waals surface area contributed by atoms with Gasteiger partial charge in [0.05, 0.1) is 26.0 Å². The Balaban J connectivity index is 1.45. The topological polar surface area (TPSA) is 67.8 Å². The summed E-state index contributed by atoms with van der Waals surface area (Å²) in [7, 11) is 1.58. The molecule has 3 rings (SSSR count). The normalized spacial score (nSPS) is 22.2. The molecule has 0 spiro atoms. The lowest BCUT2D eigenvalue weighted by atomic mass is 10.2. The van der Waals surface area contributed by atoms with Gasteiger partial charge in [0.25, 0.3) is 0 Å². The second-order valence-electron chi connectivity index (χ2n) is 6.46. The third-order valence-corrected chi connectivity index (χ3v) is 4.66. The monoisotopic (exact) mass is 334 g/mol. The van der Waals surface area contributed by atoms with Gasteiger partial charge in [-0.05, 0) is 19.3 Å². The Hall–Kier alpha value is -1.89. The molecule has 2 aliphatic rings. The summed E-state index contributed by atoms with van der Waals surface area (Å²) in [5, 5.41) is 0. The number of rotatable bonds is 5. The molecule has 2 fully saturated rings. The minimum atomic E-state index is 0.0373. The number of aromatic nitrogens is 2. The first-order valence-electron chi connectivity index (χ1n) is 8.77. The minimum absolute atomic E-state index is 0.0373. The lowest BCUT2D eigenvalue weighted by Gasteiger charge is -2.23. The van der Waals surface area contributed by atoms with E-state index >= 15 is 0 Å². The molecule has 2 aliphatic heterocycles. The summed E-state index contributed by atoms with van der Waals surface area (Å²) in [6.07, 6.45) is 8.86. The lowest BCUT2D eigenvalue weighted by Crippen LogP contribution is -2.40. The number of methoxy groups -OCH3 is 1. The van der Waals surface area contributed by atoms with Crippen LogP contribution in [0.1, 0.15) is 32.1 Å². The van der Waals surface area contributed by atoms with Crippen LogP contribution in [0, 0.1) is 0 Å². The van der Waals surface area contributed by atoms with Gasteiger partial charge in [-0.25, -0.2) is 0 Å². The van der Waals surface area contributed by atoms with E-state index in [-0.39, 0.29) is 12.0 Å². The molecule has 132 valence electrons. The summed E-state index contributed by atoms with van der Waals surface area (Å²) < 4.78 is 10.8. The van der Waals surface area contributed by atoms with Crippen molar-refractivity contribution in [3.63, 3.8) is 0 Å². The maximum atomic E-state index is 12.4. The Morgan fingerprint density at radius 1 is 1.17 bits per heavy atom. The molecule has 0 aliphatic carbocycles. The van der Waals surface area contributed by atoms with Gasteiger partial charge in [-0.2, -0.15) is 9.97 Å². The second-order valence-corrected chi connectivity index (χ2v) is 6.46. The molecule has 0 radical (unpaired) electrons. The smallest absolute Gasteiger partial charge is 0.316 e. The number of hydrogen-bond donors (Lipinski definition) is 0. The lowest BCUT2D eigenvalue weighted by molar-refractivity contribution is -0.132. The molecule has 1 aromatic heterocycles. The van der Waals surface area contributed by atoms with Crippen molar-refractivity contribution in [2.75, 3.05) is 39.8 Å². The van der Waals surface area contributed by atoms with Crippen molar-refractivity contribution >= 4 is 5.91 Å². The first-order valence-corrected chi connectivity index (χ1v) is 8.77. The number of hydrogen-bond acceptors (Lipinski definition) is 6. The van der Waals surface area contributed by atoms with E-state index in [4.69, 9.17) is 9.47 Å². The third kappa shape index (κ3) is 4.56. The van der Waals surface area contributed by atoms with Gasteiger partial charge in [0, 0.05) is 26.2 Å². The molecule has 0 saturated carbocycles. The van der Waals surface area contributed by atoms with Crippen molar-refractivity contribution in [1.29, 1.82) is 0 Å². The highest BCUT2D eigenvalue weighted by Crippen LogP contribution is 2.17. The van der Waals surface area contributed by atoms with Crippen LogP contribution in [-0.2, 0) is 4.79 Å². The van der Waals surface area contributed by atoms with Crippen LogP contribution in [0.5, 0.6) is 11.8 Å². The van der Waals surface area contributed by atoms with E-state index in [0.717, 1.165) is 45.4 Å². The second kappa shape index (κ2) is 8.28. The highest BCUT2D eigenvalue weighted by atomic mass is 16.5. The molecule has 7 heteroatoms. The molecule has 1 aromatic rings. The van der Waals surface area contributed by atoms with Crippen molar-refractivity contribution in [3.05, 3.63) is 12.4 Å². The fourth-order valence-corrected chi connectivity index (χ4v) is 3.27. The zero-order valence-electron chi connectivity index (χ0n) is 14.3. The Morgan fingerprint density at radius 3 is 2.54 bits per heavy atom. The van der Waals surface area contributed by atoms with Gasteiger partial charge in [0.2, 0.25) is 5.91 Å². The average Bonchev–Trinajstić information content (AvgIpc) is 2.86. The van der Waals surface area contributed by atoms with Gasteiger partial charge < -0.3 is 14.4 Å². The quantitative estimate of drug-likeness (QED) is 0.809. The molecule has 1 amide bonds. The summed E-state index contributed by atoms with van der Waals surface area (Å²) >= 11 is 0. The molecule has 7 nitrogen and oxygen atoms in total. The summed E-state index contributed by atoms with van der Waals surface area (Å²) in [6.45, 7) is 3.93. The van der Waals surface area contributed by atoms with Gasteiger partial charge in [0.1, 0.15) is 6.10 Å². The van der Waals surface area contributed by atoms with Gasteiger partial charge in [-0.3, -0.25) is 9.69 Å². The summed E-state index contributed by atoms with van der Waals surface area (Å²) in [5.74, 6) is 0.858. The standard InChI is InChI=1S/C17H26N4O3/c1-23-15-10-18-17(19-11-15)24-14-6-9-20(12-14)13-16(22)21-7-4-2-3-5-8-21/h10-11,14H,2-9,12-13H2,1H3. The Morgan fingerprint density at radius 2 is 1.88 bits per heavy atom. The van der Waals surface area contributed by atoms with Crippen LogP contribution in [0.3, 0.4) is 0 Å². The van der Waals surface area contributed by atoms with E-state index in [1.807, 2.05) is 4.90 Å². The zero-order valence-corrected chi connectivity index (χ0v) is 14.3. The van der Waals surface area contributed by atoms with Crippen LogP contribution in [-0.4, -0.2) is 71.6 Å². The van der Waals surface area contributed by atoms with Crippen molar-refractivity contribution in [2.24, 2.45) is 0 Å². The highest BCUT2D eigenvalue weighted by Gasteiger charge is 2.27. The summed E-state index contributed by atoms with van der Waals surface area (Å²) in [6, 6.07) is 0.362. The Kier molecular flexibility index (Phi) is 5.85. The van der Waals surface area contributed by atoms with E-state index < -0.39 is 0 Å². The molecule has 0 bridgehead atoms. The van der Waals surface area contributed by atoms with Crippen LogP contribution in [0.2, 0.25) is 0 Å². The average molecular weight is 334 g/mol. The maximum absolute atomic E-state index is 12.4. The minimum Gasteiger partial charge on any atom is -0.494 e. The van der Waals surface area contributed by atoms with E-state index in [2.05, 4.69) is 14.9 Å². The fraction of sp³-hybridized carbons (Fsp3) is 0.706. The van der Waals surface area contributed by atoms with Gasteiger partial charge >= 0.3 is 6.01 Å². The first kappa shape index (κ1) is 17.0. The van der Waals surface area contributed by atoms with Crippen LogP contribution < -0.4 is 9.47 Å². The zero-order chi connectivity index (χ0) is 16.8. The molecule has 0 N–H and O–H groups in total. The van der Waals surface area contributed by atoms with Crippen LogP contribution in [0.15, 0.2) is 12.4 Å². The van der Waals surface area contributed by atoms with Crippen molar-refractivity contribution in [3.8, 4) is 11.8 Å². The van der Waals surface area contributed by atoms with Crippen LogP contribution in [0.4, 0.5) is 0 Å². The predicted octanol–water partition coefficient (Wildman–Crippen LogP) is 1.34. The van der Waals surface area contributed by atoms with Crippen molar-refractivity contribution < 1.29 is 14.3 Å². The van der Waals surface area contributed by atoms with Gasteiger partial charge in [-0.15, -0.1) is 0 Å². The Bertz CT molecular complexity index is 529. The molecule has 2 saturated heterocycles. The largest absolute Gasteiger partial charge is 0.494 e. The summed E-state index contributed by atoms with van der Waals surface area (Å²) in [5.41, 5.74) is 0. The third-order valence-electron chi connectivity index (χ3n) is 4.66. The van der Waals surface area contributed by atoms with Crippen molar-refractivity contribution in [2.45, 2.75) is 38.2 Å². The van der Waals surface area contributed by atoms with Crippen LogP contribution in [0.25, 0.3) is 0 Å². The molecule has 3 heterocycles. The van der Waals surface area contributed by atoms with Gasteiger partial charge in [0.15, 0.2) is 5.75 Å². The first-order chi connectivity index (χ1) is 11.7. The van der Waals surface area contributed by atoms with E-state index in [1.165, 1.54) is 12.8 Å². The van der Waals surface area contributed by atoms with E-state index in [1.54, 1.807) is 19.5 Å². The number of nitrogens with zero attached hydrogens (tertiary/aromatic N) is 4. The Labute approximate surface area is 143 Å². The van der Waals surface area contributed by atoms with Crippen molar-refractivity contribution in [1.82, 2.24) is 19.8 Å². The highest BCUT2D eigenvalue weighted by molar-refractivity contribution is 5.78. The SMILES string of the molecule is COc1cnc(OC2CCN(CC(=O)N3CCCCCC3)C2)nc1. The number of likely N-dealkylation sites (tertiary alicyclic amines) is 2. The molecule has 1 unspecified atom stereocenters. The molecular weight excluding hydrogens is 308 g/mol. The fourth-order valence-electron chi connectivity index (χ4n) is 3.27. The number of amides is 1. The van der Waals surface area contributed by atoms with Crippen LogP contribution >= 0.6 is 0 Å². The van der Waals surface area contributed by atoms with Gasteiger partial charge in [-0.1, -0.05) is 12.8 Å².